The third kappa shape index (κ3) is 8.07. The number of hydrogen-bond donors (Lipinski definition) is 0. The van der Waals surface area contributed by atoms with Gasteiger partial charge in [-0.1, -0.05) is 43.4 Å². The van der Waals surface area contributed by atoms with E-state index in [1.54, 1.807) is 0 Å². The molecule has 0 aliphatic heterocycles. The molecule has 1 aromatic rings. The van der Waals surface area contributed by atoms with Gasteiger partial charge in [-0.3, -0.25) is 4.90 Å². The fraction of sp³-hybridized carbons (Fsp3) is 0.684. The summed E-state index contributed by atoms with van der Waals surface area (Å²) in [6.07, 6.45) is 2.06. The van der Waals surface area contributed by atoms with Crippen LogP contribution in [0.4, 0.5) is 0 Å². The first-order valence-electron chi connectivity index (χ1n) is 9.14. The number of nitrogens with zero attached hydrogens (tertiary/aromatic N) is 1. The van der Waals surface area contributed by atoms with Gasteiger partial charge in [0.15, 0.2) is 0 Å². The van der Waals surface area contributed by atoms with E-state index >= 15 is 0 Å². The van der Waals surface area contributed by atoms with E-state index in [1.807, 2.05) is 7.11 Å². The van der Waals surface area contributed by atoms with Crippen LogP contribution in [0.25, 0.3) is 0 Å². The highest BCUT2D eigenvalue weighted by Gasteiger charge is 2.31. The summed E-state index contributed by atoms with van der Waals surface area (Å²) in [5.41, 5.74) is 1.54. The van der Waals surface area contributed by atoms with Crippen LogP contribution in [-0.4, -0.2) is 47.7 Å². The summed E-state index contributed by atoms with van der Waals surface area (Å²) >= 11 is 0. The van der Waals surface area contributed by atoms with E-state index < -0.39 is 17.4 Å². The Morgan fingerprint density at radius 3 is 2.25 bits per heavy atom. The summed E-state index contributed by atoms with van der Waals surface area (Å²) in [4.78, 5) is 2.56. The van der Waals surface area contributed by atoms with E-state index in [-0.39, 0.29) is 5.54 Å². The first kappa shape index (κ1) is 21.6. The average molecular weight is 368 g/mol. The molecule has 3 nitrogen and oxygen atoms in total. The van der Waals surface area contributed by atoms with Crippen LogP contribution in [0.1, 0.15) is 32.8 Å². The lowest BCUT2D eigenvalue weighted by molar-refractivity contribution is 0.125. The molecular formula is C19H37NO2Si2. The van der Waals surface area contributed by atoms with Gasteiger partial charge in [-0.05, 0) is 51.9 Å². The van der Waals surface area contributed by atoms with Crippen molar-refractivity contribution in [3.8, 4) is 0 Å². The van der Waals surface area contributed by atoms with Crippen molar-refractivity contribution in [2.24, 2.45) is 0 Å². The van der Waals surface area contributed by atoms with Crippen LogP contribution < -0.4 is 0 Å². The molecule has 0 heterocycles. The third-order valence-corrected chi connectivity index (χ3v) is 8.45. The lowest BCUT2D eigenvalue weighted by Gasteiger charge is -2.36. The zero-order chi connectivity index (χ0) is 18.2. The zero-order valence-electron chi connectivity index (χ0n) is 16.8. The predicted octanol–water partition coefficient (Wildman–Crippen LogP) is 4.44. The molecular weight excluding hydrogens is 330 g/mol. The van der Waals surface area contributed by atoms with Crippen molar-refractivity contribution in [1.29, 1.82) is 0 Å². The van der Waals surface area contributed by atoms with E-state index in [0.29, 0.717) is 0 Å². The Balaban J connectivity index is 2.58. The highest BCUT2D eigenvalue weighted by molar-refractivity contribution is 6.67. The Kier molecular flexibility index (Phi) is 8.88. The largest absolute Gasteiger partial charge is 0.398 e. The first-order chi connectivity index (χ1) is 11.2. The van der Waals surface area contributed by atoms with Crippen LogP contribution in [0.2, 0.25) is 25.7 Å². The zero-order valence-corrected chi connectivity index (χ0v) is 18.9. The summed E-state index contributed by atoms with van der Waals surface area (Å²) < 4.78 is 12.0. The first-order valence-corrected chi connectivity index (χ1v) is 14.8. The molecule has 0 amide bonds. The fourth-order valence-electron chi connectivity index (χ4n) is 2.62. The molecule has 0 saturated carbocycles. The summed E-state index contributed by atoms with van der Waals surface area (Å²) in [6.45, 7) is 15.8. The maximum atomic E-state index is 6.19. The molecule has 1 unspecified atom stereocenters. The molecule has 0 aromatic heterocycles. The smallest absolute Gasteiger partial charge is 0.334 e. The summed E-state index contributed by atoms with van der Waals surface area (Å²) in [6, 6.07) is 11.8. The topological polar surface area (TPSA) is 21.7 Å². The van der Waals surface area contributed by atoms with Gasteiger partial charge in [0.2, 0.25) is 0 Å². The van der Waals surface area contributed by atoms with Gasteiger partial charge in [-0.15, -0.1) is 0 Å². The minimum Gasteiger partial charge on any atom is -0.398 e. The molecule has 0 spiro atoms. The summed E-state index contributed by atoms with van der Waals surface area (Å²) in [5.74, 6) is 0. The molecule has 138 valence electrons. The van der Waals surface area contributed by atoms with Crippen molar-refractivity contribution in [1.82, 2.24) is 4.90 Å². The monoisotopic (exact) mass is 367 g/mol. The molecule has 1 aromatic carbocycles. The van der Waals surface area contributed by atoms with Gasteiger partial charge in [-0.2, -0.15) is 0 Å². The van der Waals surface area contributed by atoms with Crippen LogP contribution in [0, 0.1) is 0 Å². The average Bonchev–Trinajstić information content (AvgIpc) is 2.52. The second kappa shape index (κ2) is 9.87. The van der Waals surface area contributed by atoms with Gasteiger partial charge in [0, 0.05) is 25.4 Å². The minimum atomic E-state index is -2.00. The normalized spacial score (nSPS) is 15.0. The van der Waals surface area contributed by atoms with Crippen LogP contribution in [0.3, 0.4) is 0 Å². The van der Waals surface area contributed by atoms with Crippen molar-refractivity contribution in [2.75, 3.05) is 19.9 Å². The van der Waals surface area contributed by atoms with Crippen LogP contribution in [0.15, 0.2) is 30.3 Å². The van der Waals surface area contributed by atoms with Crippen molar-refractivity contribution < 1.29 is 8.85 Å². The van der Waals surface area contributed by atoms with Gasteiger partial charge in [-0.25, -0.2) is 0 Å². The van der Waals surface area contributed by atoms with Gasteiger partial charge in [0.05, 0.1) is 8.80 Å². The maximum Gasteiger partial charge on any atom is 0.334 e. The maximum absolute atomic E-state index is 6.19. The second-order valence-electron chi connectivity index (χ2n) is 8.22. The lowest BCUT2D eigenvalue weighted by atomic mass is 10.0. The molecule has 0 saturated heterocycles. The van der Waals surface area contributed by atoms with Crippen LogP contribution in [-0.2, 0) is 15.4 Å². The lowest BCUT2D eigenvalue weighted by Crippen LogP contribution is -2.43. The second-order valence-corrected chi connectivity index (χ2v) is 14.8. The number of benzene rings is 1. The summed E-state index contributed by atoms with van der Waals surface area (Å²) in [5, 5.41) is 0. The summed E-state index contributed by atoms with van der Waals surface area (Å²) in [7, 11) is -0.867. The minimum absolute atomic E-state index is 0.159. The van der Waals surface area contributed by atoms with E-state index in [1.165, 1.54) is 5.56 Å². The third-order valence-electron chi connectivity index (χ3n) is 4.38. The molecule has 0 N–H and O–H groups in total. The van der Waals surface area contributed by atoms with Crippen molar-refractivity contribution in [3.63, 3.8) is 0 Å². The number of rotatable bonds is 10. The molecule has 0 bridgehead atoms. The van der Waals surface area contributed by atoms with E-state index in [0.717, 1.165) is 31.8 Å². The molecule has 5 heteroatoms. The Morgan fingerprint density at radius 2 is 1.75 bits per heavy atom. The highest BCUT2D eigenvalue weighted by atomic mass is 28.4. The SMILES string of the molecule is CO[Si](C)(CCCN(Cc1ccccc1)C(C)(C)C)OC[SiH](C)C. The Labute approximate surface area is 152 Å². The molecule has 0 fully saturated rings. The van der Waals surface area contributed by atoms with Gasteiger partial charge < -0.3 is 8.85 Å². The number of hydrogen-bond acceptors (Lipinski definition) is 3. The Bertz CT molecular complexity index is 462. The van der Waals surface area contributed by atoms with Gasteiger partial charge in [0.25, 0.3) is 0 Å². The van der Waals surface area contributed by atoms with Crippen LogP contribution in [0.5, 0.6) is 0 Å². The molecule has 1 rings (SSSR count). The predicted molar refractivity (Wildman–Crippen MR) is 109 cm³/mol. The van der Waals surface area contributed by atoms with Crippen molar-refractivity contribution in [2.45, 2.75) is 65.0 Å². The standard InChI is InChI=1S/C19H37NO2Si2/c1-19(2,3)20(16-18-12-9-8-10-13-18)14-11-15-24(7,21-4)22-17-23(5)6/h8-10,12-13,23H,11,14-17H2,1-7H3. The molecule has 0 aliphatic rings. The molecule has 24 heavy (non-hydrogen) atoms. The molecule has 0 aliphatic carbocycles. The van der Waals surface area contributed by atoms with Gasteiger partial charge in [0.1, 0.15) is 0 Å². The molecule has 0 radical (unpaired) electrons. The van der Waals surface area contributed by atoms with Crippen molar-refractivity contribution >= 4 is 17.4 Å². The highest BCUT2D eigenvalue weighted by Crippen LogP contribution is 2.21. The Morgan fingerprint density at radius 1 is 1.12 bits per heavy atom. The van der Waals surface area contributed by atoms with E-state index in [4.69, 9.17) is 8.85 Å². The van der Waals surface area contributed by atoms with Gasteiger partial charge >= 0.3 is 8.56 Å². The fourth-order valence-corrected chi connectivity index (χ4v) is 6.63. The Hall–Kier alpha value is -0.466. The van der Waals surface area contributed by atoms with E-state index in [9.17, 15) is 0 Å². The molecule has 1 atom stereocenters. The van der Waals surface area contributed by atoms with E-state index in [2.05, 4.69) is 75.6 Å². The van der Waals surface area contributed by atoms with Crippen LogP contribution >= 0.6 is 0 Å². The quantitative estimate of drug-likeness (QED) is 0.571. The van der Waals surface area contributed by atoms with Crippen molar-refractivity contribution in [3.05, 3.63) is 35.9 Å².